The third-order valence-corrected chi connectivity index (χ3v) is 12.6. The van der Waals surface area contributed by atoms with Crippen molar-refractivity contribution in [3.05, 3.63) is 138 Å². The normalized spacial score (nSPS) is 15.4. The van der Waals surface area contributed by atoms with Crippen LogP contribution in [0, 0.1) is 0 Å². The highest BCUT2D eigenvalue weighted by molar-refractivity contribution is 6.94. The lowest BCUT2D eigenvalue weighted by Crippen LogP contribution is -2.62. The van der Waals surface area contributed by atoms with Crippen LogP contribution in [-0.2, 0) is 10.8 Å². The Morgan fingerprint density at radius 3 is 2.12 bits per heavy atom. The van der Waals surface area contributed by atoms with Crippen LogP contribution in [-0.4, -0.2) is 11.4 Å². The van der Waals surface area contributed by atoms with Gasteiger partial charge in [0.1, 0.15) is 0 Å². The molecule has 12 rings (SSSR count). The second-order valence-electron chi connectivity index (χ2n) is 16.5. The minimum absolute atomic E-state index is 0.0285. The molecule has 0 spiro atoms. The molecule has 236 valence electrons. The minimum Gasteiger partial charge on any atom is -0.376 e. The molecule has 0 saturated heterocycles. The van der Waals surface area contributed by atoms with Crippen molar-refractivity contribution in [2.75, 3.05) is 4.81 Å². The Kier molecular flexibility index (Phi) is 4.70. The van der Waals surface area contributed by atoms with Gasteiger partial charge in [-0.3, -0.25) is 0 Å². The number of hydrogen-bond donors (Lipinski definition) is 0. The predicted octanol–water partition coefficient (Wildman–Crippen LogP) is 10.9. The van der Waals surface area contributed by atoms with E-state index in [2.05, 4.69) is 165 Å². The van der Waals surface area contributed by atoms with Crippen molar-refractivity contribution < 1.29 is 0 Å². The Balaban J connectivity index is 1.37. The molecular weight excluding hydrogens is 603 g/mol. The molecular formula is C47H35BN2. The molecule has 0 radical (unpaired) electrons. The Morgan fingerprint density at radius 1 is 0.600 bits per heavy atom. The summed E-state index contributed by atoms with van der Waals surface area (Å²) in [7, 11) is 0. The molecule has 3 heteroatoms. The lowest BCUT2D eigenvalue weighted by Gasteiger charge is -2.50. The number of hydrogen-bond acceptors (Lipinski definition) is 1. The lowest BCUT2D eigenvalue weighted by atomic mass is 9.42. The summed E-state index contributed by atoms with van der Waals surface area (Å²) in [6, 6.07) is 46.9. The van der Waals surface area contributed by atoms with Crippen LogP contribution in [0.1, 0.15) is 51.3 Å². The fourth-order valence-electron chi connectivity index (χ4n) is 10.4. The first-order chi connectivity index (χ1) is 24.2. The molecule has 0 saturated carbocycles. The largest absolute Gasteiger partial charge is 0.376 e. The predicted molar refractivity (Wildman–Crippen MR) is 214 cm³/mol. The zero-order valence-electron chi connectivity index (χ0n) is 29.0. The van der Waals surface area contributed by atoms with Gasteiger partial charge < -0.3 is 9.38 Å². The number of fused-ring (bicyclic) bond motifs is 11. The summed E-state index contributed by atoms with van der Waals surface area (Å²) in [4.78, 5) is 2.72. The van der Waals surface area contributed by atoms with Crippen molar-refractivity contribution in [3.63, 3.8) is 0 Å². The van der Waals surface area contributed by atoms with Crippen LogP contribution in [0.3, 0.4) is 0 Å². The molecule has 2 nitrogen and oxygen atoms in total. The molecule has 3 aliphatic rings. The van der Waals surface area contributed by atoms with Gasteiger partial charge in [0, 0.05) is 43.9 Å². The van der Waals surface area contributed by atoms with Crippen molar-refractivity contribution >= 4 is 83.3 Å². The van der Waals surface area contributed by atoms with Crippen LogP contribution in [0.25, 0.3) is 70.9 Å². The summed E-state index contributed by atoms with van der Waals surface area (Å²) in [6.07, 6.45) is 0. The molecule has 0 bridgehead atoms. The van der Waals surface area contributed by atoms with Crippen LogP contribution in [0.4, 0.5) is 11.4 Å². The first-order valence-electron chi connectivity index (χ1n) is 18.1. The Bertz CT molecular complexity index is 2990. The van der Waals surface area contributed by atoms with E-state index in [-0.39, 0.29) is 17.7 Å². The van der Waals surface area contributed by atoms with Crippen LogP contribution in [0.15, 0.2) is 121 Å². The van der Waals surface area contributed by atoms with E-state index in [1.165, 1.54) is 110 Å². The van der Waals surface area contributed by atoms with E-state index in [9.17, 15) is 0 Å². The van der Waals surface area contributed by atoms with Gasteiger partial charge in [-0.05, 0) is 72.3 Å². The van der Waals surface area contributed by atoms with E-state index in [4.69, 9.17) is 0 Å². The Morgan fingerprint density at radius 2 is 1.30 bits per heavy atom. The van der Waals surface area contributed by atoms with Crippen molar-refractivity contribution in [3.8, 4) is 16.8 Å². The average Bonchev–Trinajstić information content (AvgIpc) is 3.46. The zero-order chi connectivity index (χ0) is 33.4. The summed E-state index contributed by atoms with van der Waals surface area (Å²) in [5.74, 6) is 0. The van der Waals surface area contributed by atoms with Gasteiger partial charge in [0.2, 0.25) is 0 Å². The standard InChI is InChI=1S/C47H35BN2/c1-46(2,3)28-24-26-20-22-31-40-33(23-21-27(25-28)39(26)40)45-42-41(31)32-14-10-16-35-43(32)50(38-19-9-7-15-34(38)47(35,4)5)48(42)36-17-11-13-30-29-12-6-8-18-37(29)49(45)44(30)36/h6-25H,1-5H3. The van der Waals surface area contributed by atoms with Gasteiger partial charge in [-0.2, -0.15) is 0 Å². The Labute approximate surface area is 292 Å². The summed E-state index contributed by atoms with van der Waals surface area (Å²) in [5.41, 5.74) is 16.3. The van der Waals surface area contributed by atoms with Gasteiger partial charge in [-0.1, -0.05) is 144 Å². The lowest BCUT2D eigenvalue weighted by molar-refractivity contribution is 0.591. The van der Waals surface area contributed by atoms with Gasteiger partial charge in [0.15, 0.2) is 0 Å². The quantitative estimate of drug-likeness (QED) is 0.119. The van der Waals surface area contributed by atoms with Crippen LogP contribution in [0.2, 0.25) is 0 Å². The first kappa shape index (κ1) is 27.3. The van der Waals surface area contributed by atoms with Gasteiger partial charge in [0.05, 0.1) is 16.7 Å². The van der Waals surface area contributed by atoms with Gasteiger partial charge >= 0.3 is 6.85 Å². The van der Waals surface area contributed by atoms with Gasteiger partial charge in [-0.15, -0.1) is 0 Å². The van der Waals surface area contributed by atoms with E-state index in [1.807, 2.05) is 0 Å². The molecule has 0 atom stereocenters. The van der Waals surface area contributed by atoms with Gasteiger partial charge in [0.25, 0.3) is 0 Å². The van der Waals surface area contributed by atoms with E-state index in [0.717, 1.165) is 0 Å². The van der Waals surface area contributed by atoms with Crippen LogP contribution < -0.4 is 15.7 Å². The van der Waals surface area contributed by atoms with E-state index < -0.39 is 0 Å². The zero-order valence-corrected chi connectivity index (χ0v) is 29.0. The molecule has 3 aliphatic heterocycles. The maximum absolute atomic E-state index is 2.72. The number of aromatic nitrogens is 1. The number of rotatable bonds is 0. The highest BCUT2D eigenvalue weighted by atomic mass is 15.1. The SMILES string of the molecule is CC(C)(C)c1cc2ccc3c4c5c(c6ccc(c1)c2c36)-n1c2ccccc2c2cccc(c21)B5N1c2ccccc2C(C)(C)c2cccc-4c21. The Hall–Kier alpha value is -5.54. The molecule has 0 aliphatic carbocycles. The fourth-order valence-corrected chi connectivity index (χ4v) is 10.4. The fraction of sp³-hybridized carbons (Fsp3) is 0.149. The molecule has 4 heterocycles. The molecule has 0 amide bonds. The van der Waals surface area contributed by atoms with E-state index in [1.54, 1.807) is 0 Å². The topological polar surface area (TPSA) is 8.17 Å². The molecule has 1 aromatic heterocycles. The van der Waals surface area contributed by atoms with Crippen LogP contribution >= 0.6 is 0 Å². The highest BCUT2D eigenvalue weighted by Gasteiger charge is 2.50. The minimum atomic E-state index is -0.137. The van der Waals surface area contributed by atoms with Crippen molar-refractivity contribution in [1.29, 1.82) is 0 Å². The molecule has 0 fully saturated rings. The van der Waals surface area contributed by atoms with Crippen molar-refractivity contribution in [1.82, 2.24) is 4.57 Å². The van der Waals surface area contributed by atoms with Crippen LogP contribution in [0.5, 0.6) is 0 Å². The summed E-state index contributed by atoms with van der Waals surface area (Å²) in [5, 5.41) is 10.8. The van der Waals surface area contributed by atoms with E-state index in [0.29, 0.717) is 0 Å². The highest BCUT2D eigenvalue weighted by Crippen LogP contribution is 2.57. The third-order valence-electron chi connectivity index (χ3n) is 12.6. The number of anilines is 2. The summed E-state index contributed by atoms with van der Waals surface area (Å²) in [6.45, 7) is 11.8. The maximum atomic E-state index is 2.72. The molecule has 9 aromatic rings. The smallest absolute Gasteiger partial charge is 0.333 e. The summed E-state index contributed by atoms with van der Waals surface area (Å²) >= 11 is 0. The molecule has 8 aromatic carbocycles. The number of nitrogens with zero attached hydrogens (tertiary/aromatic N) is 2. The number of para-hydroxylation sites is 4. The second kappa shape index (κ2) is 8.60. The van der Waals surface area contributed by atoms with Gasteiger partial charge in [-0.25, -0.2) is 0 Å². The monoisotopic (exact) mass is 638 g/mol. The summed E-state index contributed by atoms with van der Waals surface area (Å²) < 4.78 is 2.64. The maximum Gasteiger partial charge on any atom is 0.333 e. The van der Waals surface area contributed by atoms with Crippen molar-refractivity contribution in [2.24, 2.45) is 0 Å². The average molecular weight is 639 g/mol. The third kappa shape index (κ3) is 2.98. The molecule has 0 unspecified atom stereocenters. The first-order valence-corrected chi connectivity index (χ1v) is 18.1. The molecule has 0 N–H and O–H groups in total. The molecule has 50 heavy (non-hydrogen) atoms. The number of benzene rings is 8. The van der Waals surface area contributed by atoms with E-state index >= 15 is 0 Å². The second-order valence-corrected chi connectivity index (χ2v) is 16.5. The van der Waals surface area contributed by atoms with Crippen molar-refractivity contribution in [2.45, 2.75) is 45.4 Å².